The lowest BCUT2D eigenvalue weighted by Crippen LogP contribution is -2.35. The van der Waals surface area contributed by atoms with Crippen LogP contribution in [0.25, 0.3) is 0 Å². The summed E-state index contributed by atoms with van der Waals surface area (Å²) in [6.07, 6.45) is 0.0726. The van der Waals surface area contributed by atoms with Crippen molar-refractivity contribution in [2.45, 2.75) is 18.6 Å². The van der Waals surface area contributed by atoms with Gasteiger partial charge in [0.05, 0.1) is 12.1 Å². The molecule has 2 unspecified atom stereocenters. The standard InChI is InChI=1S/C11H13IN2O2/c12-7-1-3-8(4-2-7)14-11(16)10-5-9(15)6-13-10/h1-4,9-10,13,15H,5-6H2,(H,14,16). The van der Waals surface area contributed by atoms with E-state index in [9.17, 15) is 9.90 Å². The van der Waals surface area contributed by atoms with E-state index < -0.39 is 6.10 Å². The lowest BCUT2D eigenvalue weighted by molar-refractivity contribution is -0.117. The highest BCUT2D eigenvalue weighted by Crippen LogP contribution is 2.13. The molecular formula is C11H13IN2O2. The molecule has 1 saturated heterocycles. The van der Waals surface area contributed by atoms with Crippen LogP contribution in [0, 0.1) is 3.57 Å². The van der Waals surface area contributed by atoms with Gasteiger partial charge in [-0.3, -0.25) is 4.79 Å². The number of rotatable bonds is 2. The van der Waals surface area contributed by atoms with E-state index in [1.54, 1.807) is 0 Å². The Hall–Kier alpha value is -0.660. The fourth-order valence-corrected chi connectivity index (χ4v) is 2.04. The number of carbonyl (C=O) groups is 1. The van der Waals surface area contributed by atoms with Crippen molar-refractivity contribution >= 4 is 34.2 Å². The van der Waals surface area contributed by atoms with Gasteiger partial charge in [0.1, 0.15) is 0 Å². The summed E-state index contributed by atoms with van der Waals surface area (Å²) in [5.41, 5.74) is 0.786. The van der Waals surface area contributed by atoms with Crippen molar-refractivity contribution in [3.8, 4) is 0 Å². The number of anilines is 1. The number of hydrogen-bond acceptors (Lipinski definition) is 3. The molecule has 3 N–H and O–H groups in total. The van der Waals surface area contributed by atoms with Crippen molar-refractivity contribution in [2.75, 3.05) is 11.9 Å². The van der Waals surface area contributed by atoms with Gasteiger partial charge in [-0.05, 0) is 53.3 Å². The zero-order valence-corrected chi connectivity index (χ0v) is 10.8. The first-order chi connectivity index (χ1) is 7.65. The number of β-amino-alcohol motifs (C(OH)–C–C–N with tert-alkyl or cyclic N) is 1. The van der Waals surface area contributed by atoms with Crippen LogP contribution >= 0.6 is 22.6 Å². The number of hydrogen-bond donors (Lipinski definition) is 3. The normalized spacial score (nSPS) is 24.4. The van der Waals surface area contributed by atoms with Crippen LogP contribution in [-0.2, 0) is 4.79 Å². The summed E-state index contributed by atoms with van der Waals surface area (Å²) >= 11 is 2.21. The molecule has 1 aliphatic heterocycles. The van der Waals surface area contributed by atoms with Crippen molar-refractivity contribution in [1.29, 1.82) is 0 Å². The summed E-state index contributed by atoms with van der Waals surface area (Å²) in [5.74, 6) is -0.0854. The number of benzene rings is 1. The minimum Gasteiger partial charge on any atom is -0.392 e. The molecular weight excluding hydrogens is 319 g/mol. The lowest BCUT2D eigenvalue weighted by atomic mass is 10.2. The Balaban J connectivity index is 1.94. The quantitative estimate of drug-likeness (QED) is 0.707. The molecule has 0 bridgehead atoms. The Morgan fingerprint density at radius 3 is 2.69 bits per heavy atom. The summed E-state index contributed by atoms with van der Waals surface area (Å²) in [4.78, 5) is 11.8. The Bertz CT molecular complexity index is 380. The Morgan fingerprint density at radius 1 is 1.44 bits per heavy atom. The van der Waals surface area contributed by atoms with E-state index >= 15 is 0 Å². The monoisotopic (exact) mass is 332 g/mol. The first-order valence-electron chi connectivity index (χ1n) is 5.13. The highest BCUT2D eigenvalue weighted by molar-refractivity contribution is 14.1. The van der Waals surface area contributed by atoms with Crippen molar-refractivity contribution < 1.29 is 9.90 Å². The average Bonchev–Trinajstić information content (AvgIpc) is 2.68. The van der Waals surface area contributed by atoms with Crippen molar-refractivity contribution in [3.63, 3.8) is 0 Å². The van der Waals surface area contributed by atoms with Gasteiger partial charge >= 0.3 is 0 Å². The van der Waals surface area contributed by atoms with Crippen molar-refractivity contribution in [2.24, 2.45) is 0 Å². The number of aliphatic hydroxyl groups is 1. The van der Waals surface area contributed by atoms with E-state index in [0.29, 0.717) is 13.0 Å². The van der Waals surface area contributed by atoms with Crippen LogP contribution in [0.4, 0.5) is 5.69 Å². The van der Waals surface area contributed by atoms with E-state index in [2.05, 4.69) is 33.2 Å². The van der Waals surface area contributed by atoms with Crippen LogP contribution < -0.4 is 10.6 Å². The highest BCUT2D eigenvalue weighted by Gasteiger charge is 2.27. The van der Waals surface area contributed by atoms with Crippen LogP contribution in [0.15, 0.2) is 24.3 Å². The van der Waals surface area contributed by atoms with Crippen LogP contribution in [0.2, 0.25) is 0 Å². The summed E-state index contributed by atoms with van der Waals surface area (Å²) in [6.45, 7) is 0.491. The molecule has 2 rings (SSSR count). The zero-order valence-electron chi connectivity index (χ0n) is 8.61. The van der Waals surface area contributed by atoms with Gasteiger partial charge in [0.25, 0.3) is 0 Å². The SMILES string of the molecule is O=C(Nc1ccc(I)cc1)C1CC(O)CN1. The number of aliphatic hydroxyl groups excluding tert-OH is 1. The molecule has 86 valence electrons. The minimum absolute atomic E-state index is 0.0854. The van der Waals surface area contributed by atoms with Gasteiger partial charge in [-0.25, -0.2) is 0 Å². The molecule has 4 nitrogen and oxygen atoms in total. The lowest BCUT2D eigenvalue weighted by Gasteiger charge is -2.10. The first-order valence-corrected chi connectivity index (χ1v) is 6.21. The Labute approximate surface area is 108 Å². The molecule has 5 heteroatoms. The highest BCUT2D eigenvalue weighted by atomic mass is 127. The third-order valence-corrected chi connectivity index (χ3v) is 3.26. The molecule has 1 aromatic carbocycles. The maximum absolute atomic E-state index is 11.8. The van der Waals surface area contributed by atoms with Gasteiger partial charge in [-0.1, -0.05) is 0 Å². The van der Waals surface area contributed by atoms with E-state index in [4.69, 9.17) is 0 Å². The van der Waals surface area contributed by atoms with E-state index in [-0.39, 0.29) is 11.9 Å². The van der Waals surface area contributed by atoms with Gasteiger partial charge in [0.2, 0.25) is 5.91 Å². The number of amides is 1. The zero-order chi connectivity index (χ0) is 11.5. The minimum atomic E-state index is -0.410. The van der Waals surface area contributed by atoms with Gasteiger partial charge in [0, 0.05) is 15.8 Å². The molecule has 16 heavy (non-hydrogen) atoms. The number of halogens is 1. The second-order valence-corrected chi connectivity index (χ2v) is 5.09. The molecule has 0 radical (unpaired) electrons. The van der Waals surface area contributed by atoms with E-state index in [1.807, 2.05) is 24.3 Å². The molecule has 0 saturated carbocycles. The third kappa shape index (κ3) is 2.93. The number of carbonyl (C=O) groups excluding carboxylic acids is 1. The van der Waals surface area contributed by atoms with Crippen LogP contribution in [0.1, 0.15) is 6.42 Å². The average molecular weight is 332 g/mol. The second-order valence-electron chi connectivity index (χ2n) is 3.85. The summed E-state index contributed by atoms with van der Waals surface area (Å²) in [5, 5.41) is 15.1. The molecule has 0 aromatic heterocycles. The molecule has 0 spiro atoms. The van der Waals surface area contributed by atoms with Gasteiger partial charge in [-0.2, -0.15) is 0 Å². The smallest absolute Gasteiger partial charge is 0.241 e. The largest absolute Gasteiger partial charge is 0.392 e. The first kappa shape index (κ1) is 11.8. The van der Waals surface area contributed by atoms with Crippen LogP contribution in [0.3, 0.4) is 0 Å². The summed E-state index contributed by atoms with van der Waals surface area (Å²) in [7, 11) is 0. The van der Waals surface area contributed by atoms with E-state index in [1.165, 1.54) is 0 Å². The fraction of sp³-hybridized carbons (Fsp3) is 0.364. The third-order valence-electron chi connectivity index (χ3n) is 2.54. The predicted octanol–water partition coefficient (Wildman–Crippen LogP) is 0.952. The molecule has 1 heterocycles. The van der Waals surface area contributed by atoms with Gasteiger partial charge in [0.15, 0.2) is 0 Å². The fourth-order valence-electron chi connectivity index (χ4n) is 1.68. The van der Waals surface area contributed by atoms with Gasteiger partial charge < -0.3 is 15.7 Å². The van der Waals surface area contributed by atoms with E-state index in [0.717, 1.165) is 9.26 Å². The molecule has 1 amide bonds. The summed E-state index contributed by atoms with van der Waals surface area (Å²) < 4.78 is 1.13. The maximum atomic E-state index is 11.8. The molecule has 2 atom stereocenters. The predicted molar refractivity (Wildman–Crippen MR) is 70.2 cm³/mol. The second kappa shape index (κ2) is 5.11. The van der Waals surface area contributed by atoms with Crippen LogP contribution in [0.5, 0.6) is 0 Å². The Kier molecular flexibility index (Phi) is 3.78. The van der Waals surface area contributed by atoms with Crippen molar-refractivity contribution in [3.05, 3.63) is 27.8 Å². The van der Waals surface area contributed by atoms with Crippen molar-refractivity contribution in [1.82, 2.24) is 5.32 Å². The Morgan fingerprint density at radius 2 is 2.12 bits per heavy atom. The number of nitrogens with one attached hydrogen (secondary N) is 2. The maximum Gasteiger partial charge on any atom is 0.241 e. The molecule has 1 aromatic rings. The van der Waals surface area contributed by atoms with Gasteiger partial charge in [-0.15, -0.1) is 0 Å². The topological polar surface area (TPSA) is 61.4 Å². The molecule has 1 aliphatic rings. The molecule has 1 fully saturated rings. The molecule has 0 aliphatic carbocycles. The van der Waals surface area contributed by atoms with Crippen LogP contribution in [-0.4, -0.2) is 29.7 Å². The summed E-state index contributed by atoms with van der Waals surface area (Å²) in [6, 6.07) is 7.32.